The van der Waals surface area contributed by atoms with Crippen LogP contribution in [0.2, 0.25) is 0 Å². The molecule has 1 aliphatic rings. The zero-order valence-corrected chi connectivity index (χ0v) is 27.9. The minimum atomic E-state index is -0.828. The Morgan fingerprint density at radius 1 is 1.00 bits per heavy atom. The highest BCUT2D eigenvalue weighted by molar-refractivity contribution is 14.1. The molecule has 0 saturated heterocycles. The lowest BCUT2D eigenvalue weighted by atomic mass is 9.97. The van der Waals surface area contributed by atoms with Gasteiger partial charge in [0, 0.05) is 15.3 Å². The molecule has 0 spiro atoms. The van der Waals surface area contributed by atoms with Gasteiger partial charge < -0.3 is 23.7 Å². The number of fused-ring (bicyclic) bond motifs is 1. The van der Waals surface area contributed by atoms with E-state index in [0.717, 1.165) is 9.13 Å². The fraction of sp³-hybridized carbons (Fsp3) is 0.242. The van der Waals surface area contributed by atoms with Gasteiger partial charge in [-0.15, -0.1) is 0 Å². The number of esters is 1. The number of halogens is 2. The molecule has 1 aromatic heterocycles. The Morgan fingerprint density at radius 2 is 1.73 bits per heavy atom. The van der Waals surface area contributed by atoms with Crippen molar-refractivity contribution in [2.24, 2.45) is 4.99 Å². The van der Waals surface area contributed by atoms with Crippen LogP contribution in [0.4, 0.5) is 4.39 Å². The number of methoxy groups -OCH3 is 2. The maximum atomic E-state index is 14.1. The van der Waals surface area contributed by atoms with Crippen molar-refractivity contribution in [1.82, 2.24) is 4.57 Å². The van der Waals surface area contributed by atoms with Gasteiger partial charge in [0.25, 0.3) is 5.56 Å². The van der Waals surface area contributed by atoms with Crippen LogP contribution in [-0.4, -0.2) is 38.0 Å². The van der Waals surface area contributed by atoms with Gasteiger partial charge in [0.1, 0.15) is 12.4 Å². The van der Waals surface area contributed by atoms with E-state index in [1.807, 2.05) is 26.0 Å². The van der Waals surface area contributed by atoms with Crippen molar-refractivity contribution in [2.75, 3.05) is 27.4 Å². The largest absolute Gasteiger partial charge is 0.493 e. The summed E-state index contributed by atoms with van der Waals surface area (Å²) >= 11 is 3.35. The van der Waals surface area contributed by atoms with Crippen molar-refractivity contribution in [3.8, 4) is 23.0 Å². The van der Waals surface area contributed by atoms with E-state index in [9.17, 15) is 14.0 Å². The molecular weight excluding hydrogens is 714 g/mol. The Bertz CT molecular complexity index is 1940. The molecule has 0 unspecified atom stereocenters. The molecule has 1 aliphatic heterocycles. The predicted molar refractivity (Wildman–Crippen MR) is 176 cm³/mol. The molecule has 0 fully saturated rings. The lowest BCUT2D eigenvalue weighted by Crippen LogP contribution is -2.39. The average molecular weight is 745 g/mol. The number of carbonyl (C=O) groups is 1. The molecule has 12 heteroatoms. The zero-order chi connectivity index (χ0) is 32.1. The number of thiazole rings is 1. The van der Waals surface area contributed by atoms with E-state index in [1.54, 1.807) is 36.4 Å². The Hall–Kier alpha value is -4.17. The number of rotatable bonds is 11. The van der Waals surface area contributed by atoms with Crippen LogP contribution in [-0.2, 0) is 16.1 Å². The van der Waals surface area contributed by atoms with E-state index < -0.39 is 12.0 Å². The minimum absolute atomic E-state index is 0.154. The number of benzene rings is 3. The Morgan fingerprint density at radius 3 is 2.42 bits per heavy atom. The molecule has 3 aromatic carbocycles. The first kappa shape index (κ1) is 32.2. The van der Waals surface area contributed by atoms with Crippen LogP contribution in [0.3, 0.4) is 0 Å². The van der Waals surface area contributed by atoms with Crippen molar-refractivity contribution in [3.63, 3.8) is 0 Å². The lowest BCUT2D eigenvalue weighted by Gasteiger charge is -2.23. The Balaban J connectivity index is 1.64. The molecule has 0 amide bonds. The highest BCUT2D eigenvalue weighted by Gasteiger charge is 2.31. The molecule has 1 atom stereocenters. The second-order valence-corrected chi connectivity index (χ2v) is 11.9. The first-order valence-corrected chi connectivity index (χ1v) is 15.9. The van der Waals surface area contributed by atoms with E-state index >= 15 is 0 Å². The highest BCUT2D eigenvalue weighted by atomic mass is 127. The number of ether oxygens (including phenoxy) is 5. The fourth-order valence-corrected chi connectivity index (χ4v) is 6.45. The van der Waals surface area contributed by atoms with Gasteiger partial charge >= 0.3 is 5.97 Å². The van der Waals surface area contributed by atoms with Crippen LogP contribution in [0.15, 0.2) is 76.2 Å². The van der Waals surface area contributed by atoms with Crippen LogP contribution >= 0.6 is 33.9 Å². The topological polar surface area (TPSA) is 97.6 Å². The second kappa shape index (κ2) is 14.3. The molecule has 234 valence electrons. The van der Waals surface area contributed by atoms with Gasteiger partial charge in [0.05, 0.1) is 43.6 Å². The summed E-state index contributed by atoms with van der Waals surface area (Å²) in [6.07, 6.45) is 3.16. The number of nitrogens with zero attached hydrogens (tertiary/aromatic N) is 2. The number of carbonyl (C=O) groups excluding carboxylic acids is 1. The summed E-state index contributed by atoms with van der Waals surface area (Å²) < 4.78 is 44.6. The van der Waals surface area contributed by atoms with Crippen molar-refractivity contribution >= 4 is 46.0 Å². The summed E-state index contributed by atoms with van der Waals surface area (Å²) in [5.74, 6) is 1.01. The Kier molecular flexibility index (Phi) is 10.2. The first-order chi connectivity index (χ1) is 21.8. The number of hydrogen-bond donors (Lipinski definition) is 0. The lowest BCUT2D eigenvalue weighted by molar-refractivity contribution is -0.136. The summed E-state index contributed by atoms with van der Waals surface area (Å²) in [5, 5.41) is 0. The molecule has 0 N–H and O–H groups in total. The number of aromatic nitrogens is 1. The summed E-state index contributed by atoms with van der Waals surface area (Å²) in [5.41, 5.74) is 1.84. The molecule has 0 bridgehead atoms. The third-order valence-electron chi connectivity index (χ3n) is 6.86. The maximum Gasteiger partial charge on any atom is 0.337 e. The summed E-state index contributed by atoms with van der Waals surface area (Å²) in [7, 11) is 2.82. The van der Waals surface area contributed by atoms with E-state index in [-0.39, 0.29) is 23.6 Å². The third-order valence-corrected chi connectivity index (χ3v) is 8.48. The minimum Gasteiger partial charge on any atom is -0.493 e. The van der Waals surface area contributed by atoms with Gasteiger partial charge in [0.2, 0.25) is 0 Å². The van der Waals surface area contributed by atoms with Crippen LogP contribution in [0.25, 0.3) is 6.08 Å². The van der Waals surface area contributed by atoms with Gasteiger partial charge in [-0.3, -0.25) is 9.36 Å². The van der Waals surface area contributed by atoms with E-state index in [1.165, 1.54) is 48.5 Å². The van der Waals surface area contributed by atoms with Gasteiger partial charge in [-0.25, -0.2) is 14.2 Å². The normalized spacial score (nSPS) is 14.2. The average Bonchev–Trinajstić information content (AvgIpc) is 3.35. The van der Waals surface area contributed by atoms with Gasteiger partial charge in [-0.1, -0.05) is 29.5 Å². The van der Waals surface area contributed by atoms with E-state index in [0.29, 0.717) is 56.7 Å². The maximum absolute atomic E-state index is 14.1. The van der Waals surface area contributed by atoms with E-state index in [2.05, 4.69) is 27.6 Å². The van der Waals surface area contributed by atoms with Crippen LogP contribution in [0.1, 0.15) is 36.6 Å². The van der Waals surface area contributed by atoms with E-state index in [4.69, 9.17) is 23.7 Å². The quantitative estimate of drug-likeness (QED) is 0.155. The van der Waals surface area contributed by atoms with Gasteiger partial charge in [-0.2, -0.15) is 0 Å². The number of hydrogen-bond acceptors (Lipinski definition) is 9. The van der Waals surface area contributed by atoms with Crippen molar-refractivity contribution < 1.29 is 32.9 Å². The van der Waals surface area contributed by atoms with Crippen molar-refractivity contribution in [3.05, 3.63) is 112 Å². The Labute approximate surface area is 276 Å². The molecule has 0 radical (unpaired) electrons. The van der Waals surface area contributed by atoms with Crippen LogP contribution < -0.4 is 33.8 Å². The van der Waals surface area contributed by atoms with Crippen LogP contribution in [0.5, 0.6) is 23.0 Å². The summed E-state index contributed by atoms with van der Waals surface area (Å²) in [6.45, 7) is 4.74. The molecule has 0 saturated carbocycles. The molecule has 2 heterocycles. The standard InChI is InChI=1S/C33H30FIN2O7S/c1-5-42-25-12-9-20(14-26(25)43-6-2)29-24(32(39)41-4)17-36-33-37(29)31(38)28(45-33)15-21-13-23(35)16-27(40-3)30(21)44-18-19-7-10-22(34)11-8-19/h7-17,29H,5-6,18H2,1-4H3/b28-15+/t29-/m0/s1. The van der Waals surface area contributed by atoms with Crippen LogP contribution in [0, 0.1) is 9.39 Å². The molecule has 4 aromatic rings. The zero-order valence-electron chi connectivity index (χ0n) is 25.0. The van der Waals surface area contributed by atoms with Gasteiger partial charge in [-0.05, 0) is 90.0 Å². The fourth-order valence-electron chi connectivity index (χ4n) is 4.87. The summed E-state index contributed by atoms with van der Waals surface area (Å²) in [6, 6.07) is 14.2. The molecule has 5 rings (SSSR count). The molecule has 9 nitrogen and oxygen atoms in total. The second-order valence-electron chi connectivity index (χ2n) is 9.69. The van der Waals surface area contributed by atoms with Crippen molar-refractivity contribution in [1.29, 1.82) is 0 Å². The SMILES string of the molecule is CCOc1ccc([C@H]2C(C(=O)OC)=CN=c3s/c(=C/c4cc(I)cc(OC)c4OCc4ccc(F)cc4)c(=O)n32)cc1OCC. The smallest absolute Gasteiger partial charge is 0.337 e. The molecule has 45 heavy (non-hydrogen) atoms. The highest BCUT2D eigenvalue weighted by Crippen LogP contribution is 2.36. The predicted octanol–water partition coefficient (Wildman–Crippen LogP) is 5.15. The first-order valence-electron chi connectivity index (χ1n) is 14.0. The van der Waals surface area contributed by atoms with Crippen molar-refractivity contribution in [2.45, 2.75) is 26.5 Å². The van der Waals surface area contributed by atoms with Gasteiger partial charge in [0.15, 0.2) is 27.8 Å². The summed E-state index contributed by atoms with van der Waals surface area (Å²) in [4.78, 5) is 31.9. The molecular formula is C33H30FIN2O7S. The molecule has 0 aliphatic carbocycles. The third kappa shape index (κ3) is 6.91. The monoisotopic (exact) mass is 744 g/mol.